The second-order valence-corrected chi connectivity index (χ2v) is 9.65. The molecule has 1 aromatic heterocycles. The molecule has 0 saturated carbocycles. The first-order chi connectivity index (χ1) is 13.5. The van der Waals surface area contributed by atoms with Crippen LogP contribution < -0.4 is 4.74 Å². The van der Waals surface area contributed by atoms with E-state index in [0.29, 0.717) is 29.6 Å². The molecule has 1 atom stereocenters. The second kappa shape index (κ2) is 8.18. The summed E-state index contributed by atoms with van der Waals surface area (Å²) in [6, 6.07) is 7.78. The monoisotopic (exact) mass is 406 g/mol. The molecule has 0 N–H and O–H groups in total. The van der Waals surface area contributed by atoms with Crippen LogP contribution in [0.4, 0.5) is 0 Å². The maximum Gasteiger partial charge on any atom is 0.228 e. The number of benzene rings is 1. The van der Waals surface area contributed by atoms with Gasteiger partial charge in [0.25, 0.3) is 0 Å². The molecule has 3 heterocycles. The highest BCUT2D eigenvalue weighted by molar-refractivity contribution is 7.91. The molecule has 0 unspecified atom stereocenters. The average Bonchev–Trinajstić information content (AvgIpc) is 3.33. The lowest BCUT2D eigenvalue weighted by atomic mass is 10.2. The molecule has 2 saturated heterocycles. The van der Waals surface area contributed by atoms with E-state index < -0.39 is 9.84 Å². The Morgan fingerprint density at radius 3 is 2.57 bits per heavy atom. The van der Waals surface area contributed by atoms with E-state index >= 15 is 0 Å². The smallest absolute Gasteiger partial charge is 0.228 e. The number of rotatable bonds is 6. The summed E-state index contributed by atoms with van der Waals surface area (Å²) in [6.07, 6.45) is 1.49. The quantitative estimate of drug-likeness (QED) is 0.704. The number of hydrogen-bond donors (Lipinski definition) is 0. The maximum absolute atomic E-state index is 11.7. The first-order valence-electron chi connectivity index (χ1n) is 9.66. The van der Waals surface area contributed by atoms with Gasteiger partial charge in [-0.25, -0.2) is 8.42 Å². The van der Waals surface area contributed by atoms with E-state index in [-0.39, 0.29) is 6.04 Å². The van der Waals surface area contributed by atoms with Crippen LogP contribution in [-0.2, 0) is 16.3 Å². The normalized spacial score (nSPS) is 23.1. The van der Waals surface area contributed by atoms with Gasteiger partial charge in [-0.1, -0.05) is 5.16 Å². The third-order valence-corrected chi connectivity index (χ3v) is 7.34. The highest BCUT2D eigenvalue weighted by Gasteiger charge is 2.33. The van der Waals surface area contributed by atoms with Crippen molar-refractivity contribution in [2.24, 2.45) is 0 Å². The Balaban J connectivity index is 1.25. The van der Waals surface area contributed by atoms with Crippen LogP contribution in [0.3, 0.4) is 0 Å². The predicted molar refractivity (Wildman–Crippen MR) is 105 cm³/mol. The van der Waals surface area contributed by atoms with Gasteiger partial charge >= 0.3 is 0 Å². The Morgan fingerprint density at radius 1 is 1.18 bits per heavy atom. The van der Waals surface area contributed by atoms with Crippen LogP contribution in [0, 0.1) is 0 Å². The van der Waals surface area contributed by atoms with Crippen molar-refractivity contribution < 1.29 is 17.7 Å². The first kappa shape index (κ1) is 19.4. The van der Waals surface area contributed by atoms with Crippen LogP contribution >= 0.6 is 0 Å². The summed E-state index contributed by atoms with van der Waals surface area (Å²) in [5.41, 5.74) is 0.899. The van der Waals surface area contributed by atoms with Crippen molar-refractivity contribution in [3.05, 3.63) is 30.2 Å². The van der Waals surface area contributed by atoms with E-state index in [1.165, 1.54) is 0 Å². The minimum atomic E-state index is -2.82. The Morgan fingerprint density at radius 2 is 1.93 bits per heavy atom. The van der Waals surface area contributed by atoms with Gasteiger partial charge in [0.2, 0.25) is 11.7 Å². The molecule has 2 aliphatic rings. The molecule has 0 aliphatic carbocycles. The molecule has 0 spiro atoms. The van der Waals surface area contributed by atoms with Crippen molar-refractivity contribution in [3.8, 4) is 17.1 Å². The van der Waals surface area contributed by atoms with E-state index in [4.69, 9.17) is 9.26 Å². The lowest BCUT2D eigenvalue weighted by molar-refractivity contribution is 0.104. The number of aromatic nitrogens is 2. The largest absolute Gasteiger partial charge is 0.497 e. The molecule has 2 aliphatic heterocycles. The molecule has 1 aromatic carbocycles. The second-order valence-electron chi connectivity index (χ2n) is 7.42. The standard InChI is InChI=1S/C19H26N4O4S/c1-26-17-4-2-15(3-5-17)19-20-18(27-21-19)6-8-22-9-11-23(12-10-22)16-7-13-28(24,25)14-16/h2-5,16H,6-14H2,1H3/t16-/m0/s1. The summed E-state index contributed by atoms with van der Waals surface area (Å²) >= 11 is 0. The van der Waals surface area contributed by atoms with Crippen molar-refractivity contribution in [2.75, 3.05) is 51.3 Å². The zero-order valence-corrected chi connectivity index (χ0v) is 16.9. The molecular formula is C19H26N4O4S. The van der Waals surface area contributed by atoms with Gasteiger partial charge in [0.15, 0.2) is 9.84 Å². The van der Waals surface area contributed by atoms with E-state index in [9.17, 15) is 8.42 Å². The predicted octanol–water partition coefficient (Wildman–Crippen LogP) is 1.09. The molecule has 0 amide bonds. The first-order valence-corrected chi connectivity index (χ1v) is 11.5. The van der Waals surface area contributed by atoms with E-state index in [0.717, 1.165) is 50.5 Å². The molecule has 2 fully saturated rings. The Kier molecular flexibility index (Phi) is 5.65. The van der Waals surface area contributed by atoms with Crippen molar-refractivity contribution >= 4 is 9.84 Å². The van der Waals surface area contributed by atoms with Gasteiger partial charge in [-0.05, 0) is 30.7 Å². The van der Waals surface area contributed by atoms with Crippen molar-refractivity contribution in [1.82, 2.24) is 19.9 Å². The van der Waals surface area contributed by atoms with E-state index in [1.54, 1.807) is 7.11 Å². The van der Waals surface area contributed by atoms with Crippen molar-refractivity contribution in [2.45, 2.75) is 18.9 Å². The van der Waals surface area contributed by atoms with Crippen LogP contribution in [0.5, 0.6) is 5.75 Å². The van der Waals surface area contributed by atoms with E-state index in [1.807, 2.05) is 24.3 Å². The van der Waals surface area contributed by atoms with Gasteiger partial charge in [0, 0.05) is 50.7 Å². The number of sulfone groups is 1. The van der Waals surface area contributed by atoms with Gasteiger partial charge in [-0.3, -0.25) is 4.90 Å². The molecule has 152 valence electrons. The Labute approximate surface area is 165 Å². The highest BCUT2D eigenvalue weighted by atomic mass is 32.2. The minimum absolute atomic E-state index is 0.204. The van der Waals surface area contributed by atoms with Gasteiger partial charge < -0.3 is 14.2 Å². The van der Waals surface area contributed by atoms with Gasteiger partial charge in [-0.2, -0.15) is 4.98 Å². The zero-order valence-electron chi connectivity index (χ0n) is 16.1. The third kappa shape index (κ3) is 4.53. The fourth-order valence-electron chi connectivity index (χ4n) is 3.88. The molecular weight excluding hydrogens is 380 g/mol. The third-order valence-electron chi connectivity index (χ3n) is 5.59. The fraction of sp³-hybridized carbons (Fsp3) is 0.579. The number of ether oxygens (including phenoxy) is 1. The minimum Gasteiger partial charge on any atom is -0.497 e. The zero-order chi connectivity index (χ0) is 19.6. The summed E-state index contributed by atoms with van der Waals surface area (Å²) in [5.74, 6) is 2.68. The molecule has 0 radical (unpaired) electrons. The van der Waals surface area contributed by atoms with Crippen LogP contribution in [0.2, 0.25) is 0 Å². The van der Waals surface area contributed by atoms with Crippen molar-refractivity contribution in [1.29, 1.82) is 0 Å². The molecule has 9 heteroatoms. The SMILES string of the molecule is COc1ccc(-c2noc(CCN3CCN([C@H]4CCS(=O)(=O)C4)CC3)n2)cc1. The van der Waals surface area contributed by atoms with Gasteiger partial charge in [-0.15, -0.1) is 0 Å². The number of piperazine rings is 1. The molecule has 2 aromatic rings. The van der Waals surface area contributed by atoms with Gasteiger partial charge in [0.1, 0.15) is 5.75 Å². The maximum atomic E-state index is 11.7. The molecule has 28 heavy (non-hydrogen) atoms. The number of hydrogen-bond acceptors (Lipinski definition) is 8. The summed E-state index contributed by atoms with van der Waals surface area (Å²) in [7, 11) is -1.18. The van der Waals surface area contributed by atoms with Crippen LogP contribution in [0.15, 0.2) is 28.8 Å². The fourth-order valence-corrected chi connectivity index (χ4v) is 5.64. The number of methoxy groups -OCH3 is 1. The molecule has 0 bridgehead atoms. The van der Waals surface area contributed by atoms with Crippen LogP contribution in [0.1, 0.15) is 12.3 Å². The Bertz CT molecular complexity index is 889. The summed E-state index contributed by atoms with van der Waals surface area (Å²) in [4.78, 5) is 9.19. The lowest BCUT2D eigenvalue weighted by Crippen LogP contribution is -2.51. The lowest BCUT2D eigenvalue weighted by Gasteiger charge is -2.37. The van der Waals surface area contributed by atoms with Crippen molar-refractivity contribution in [3.63, 3.8) is 0 Å². The van der Waals surface area contributed by atoms with Crippen LogP contribution in [-0.4, -0.2) is 85.7 Å². The Hall–Kier alpha value is -1.97. The molecule has 4 rings (SSSR count). The van der Waals surface area contributed by atoms with Gasteiger partial charge in [0.05, 0.1) is 18.6 Å². The summed E-state index contributed by atoms with van der Waals surface area (Å²) in [6.45, 7) is 4.58. The molecule has 8 nitrogen and oxygen atoms in total. The average molecular weight is 407 g/mol. The summed E-state index contributed by atoms with van der Waals surface area (Å²) < 4.78 is 33.9. The topological polar surface area (TPSA) is 88.8 Å². The highest BCUT2D eigenvalue weighted by Crippen LogP contribution is 2.21. The summed E-state index contributed by atoms with van der Waals surface area (Å²) in [5, 5.41) is 4.07. The van der Waals surface area contributed by atoms with E-state index in [2.05, 4.69) is 19.9 Å². The number of nitrogens with zero attached hydrogens (tertiary/aromatic N) is 4. The van der Waals surface area contributed by atoms with Crippen LogP contribution in [0.25, 0.3) is 11.4 Å².